The molecule has 1 aromatic carbocycles. The van der Waals surface area contributed by atoms with Gasteiger partial charge in [-0.1, -0.05) is 80.6 Å². The molecule has 0 spiro atoms. The van der Waals surface area contributed by atoms with Crippen molar-refractivity contribution in [1.29, 1.82) is 0 Å². The maximum Gasteiger partial charge on any atom is 0.0354 e. The third kappa shape index (κ3) is 9.95. The molecule has 0 bridgehead atoms. The Kier molecular flexibility index (Phi) is 10.7. The fourth-order valence-electron chi connectivity index (χ4n) is 2.68. The highest BCUT2D eigenvalue weighted by Gasteiger charge is 1.96. The lowest BCUT2D eigenvalue weighted by atomic mass is 10.1. The maximum atomic E-state index is 3.55. The monoisotopic (exact) mass is 353 g/mol. The van der Waals surface area contributed by atoms with Gasteiger partial charge in [-0.15, -0.1) is 0 Å². The number of nitrogens with one attached hydrogen (secondary N) is 1. The summed E-state index contributed by atoms with van der Waals surface area (Å²) in [5.74, 6) is 0. The molecule has 1 rings (SSSR count). The summed E-state index contributed by atoms with van der Waals surface area (Å²) in [7, 11) is 0. The van der Waals surface area contributed by atoms with Crippen molar-refractivity contribution >= 4 is 21.6 Å². The fraction of sp³-hybridized carbons (Fsp3) is 0.684. The van der Waals surface area contributed by atoms with Crippen LogP contribution < -0.4 is 5.32 Å². The van der Waals surface area contributed by atoms with Crippen LogP contribution >= 0.6 is 15.9 Å². The third-order valence-electron chi connectivity index (χ3n) is 3.90. The largest absolute Gasteiger partial charge is 0.385 e. The van der Waals surface area contributed by atoms with Crippen LogP contribution in [0, 0.1) is 6.92 Å². The number of anilines is 1. The van der Waals surface area contributed by atoms with Crippen molar-refractivity contribution < 1.29 is 0 Å². The average molecular weight is 354 g/mol. The molecule has 0 amide bonds. The minimum absolute atomic E-state index is 1.09. The number of unbranched alkanes of at least 4 members (excludes halogenated alkanes) is 9. The molecule has 1 aromatic rings. The third-order valence-corrected chi connectivity index (χ3v) is 4.36. The molecule has 0 saturated heterocycles. The van der Waals surface area contributed by atoms with Gasteiger partial charge in [-0.25, -0.2) is 0 Å². The maximum absolute atomic E-state index is 3.55. The molecular weight excluding hydrogens is 322 g/mol. The van der Waals surface area contributed by atoms with Crippen molar-refractivity contribution in [2.45, 2.75) is 78.1 Å². The molecule has 0 radical (unpaired) electrons. The number of halogens is 1. The van der Waals surface area contributed by atoms with E-state index in [4.69, 9.17) is 0 Å². The Balaban J connectivity index is 1.93. The van der Waals surface area contributed by atoms with Crippen LogP contribution in [0.15, 0.2) is 22.7 Å². The van der Waals surface area contributed by atoms with E-state index in [0.717, 1.165) is 11.0 Å². The van der Waals surface area contributed by atoms with Crippen LogP contribution in [-0.2, 0) is 0 Å². The predicted octanol–water partition coefficient (Wildman–Crippen LogP) is 7.09. The lowest BCUT2D eigenvalue weighted by Crippen LogP contribution is -2.01. The van der Waals surface area contributed by atoms with E-state index in [1.54, 1.807) is 0 Å². The molecule has 120 valence electrons. The number of benzene rings is 1. The van der Waals surface area contributed by atoms with Crippen molar-refractivity contribution in [2.24, 2.45) is 0 Å². The van der Waals surface area contributed by atoms with Crippen LogP contribution in [0.5, 0.6) is 0 Å². The summed E-state index contributed by atoms with van der Waals surface area (Å²) in [4.78, 5) is 0. The number of hydrogen-bond donors (Lipinski definition) is 1. The van der Waals surface area contributed by atoms with Gasteiger partial charge in [0, 0.05) is 16.7 Å². The standard InChI is InChI=1S/C19H32BrN/c1-3-4-5-6-7-8-9-10-11-12-13-21-19-15-17(2)14-18(20)16-19/h14-16,21H,3-13H2,1-2H3. The summed E-state index contributed by atoms with van der Waals surface area (Å²) in [5, 5.41) is 3.52. The van der Waals surface area contributed by atoms with Gasteiger partial charge in [-0.05, 0) is 37.1 Å². The lowest BCUT2D eigenvalue weighted by molar-refractivity contribution is 0.560. The van der Waals surface area contributed by atoms with Crippen LogP contribution in [0.1, 0.15) is 76.7 Å². The predicted molar refractivity (Wildman–Crippen MR) is 99.2 cm³/mol. The molecule has 0 aliphatic carbocycles. The van der Waals surface area contributed by atoms with E-state index < -0.39 is 0 Å². The normalized spacial score (nSPS) is 10.8. The Morgan fingerprint density at radius 3 is 1.95 bits per heavy atom. The van der Waals surface area contributed by atoms with Crippen molar-refractivity contribution in [3.63, 3.8) is 0 Å². The van der Waals surface area contributed by atoms with Gasteiger partial charge in [-0.3, -0.25) is 0 Å². The second kappa shape index (κ2) is 12.1. The molecule has 21 heavy (non-hydrogen) atoms. The first-order valence-electron chi connectivity index (χ1n) is 8.73. The van der Waals surface area contributed by atoms with Crippen molar-refractivity contribution in [1.82, 2.24) is 0 Å². The highest BCUT2D eigenvalue weighted by Crippen LogP contribution is 2.19. The molecule has 0 saturated carbocycles. The van der Waals surface area contributed by atoms with Crippen molar-refractivity contribution in [3.8, 4) is 0 Å². The zero-order valence-electron chi connectivity index (χ0n) is 13.9. The summed E-state index contributed by atoms with van der Waals surface area (Å²) in [6, 6.07) is 6.51. The molecule has 0 heterocycles. The summed E-state index contributed by atoms with van der Waals surface area (Å²) in [6.45, 7) is 5.51. The average Bonchev–Trinajstić information content (AvgIpc) is 2.44. The molecule has 0 unspecified atom stereocenters. The van der Waals surface area contributed by atoms with Gasteiger partial charge in [0.15, 0.2) is 0 Å². The Labute approximate surface area is 140 Å². The van der Waals surface area contributed by atoms with E-state index in [1.807, 2.05) is 0 Å². The van der Waals surface area contributed by atoms with Gasteiger partial charge in [0.1, 0.15) is 0 Å². The highest BCUT2D eigenvalue weighted by atomic mass is 79.9. The Morgan fingerprint density at radius 1 is 0.810 bits per heavy atom. The molecule has 2 heteroatoms. The number of rotatable bonds is 12. The van der Waals surface area contributed by atoms with Crippen LogP contribution in [-0.4, -0.2) is 6.54 Å². The number of aryl methyl sites for hydroxylation is 1. The Hall–Kier alpha value is -0.500. The van der Waals surface area contributed by atoms with E-state index in [1.165, 1.54) is 75.5 Å². The molecule has 0 aliphatic heterocycles. The molecule has 1 N–H and O–H groups in total. The second-order valence-corrected chi connectivity index (χ2v) is 7.04. The SMILES string of the molecule is CCCCCCCCCCCCNc1cc(C)cc(Br)c1. The van der Waals surface area contributed by atoms with E-state index in [2.05, 4.69) is 53.3 Å². The van der Waals surface area contributed by atoms with E-state index in [9.17, 15) is 0 Å². The van der Waals surface area contributed by atoms with E-state index in [0.29, 0.717) is 0 Å². The molecular formula is C19H32BrN. The molecule has 0 fully saturated rings. The lowest BCUT2D eigenvalue weighted by Gasteiger charge is -2.08. The first-order valence-corrected chi connectivity index (χ1v) is 9.52. The van der Waals surface area contributed by atoms with Gasteiger partial charge in [0.05, 0.1) is 0 Å². The van der Waals surface area contributed by atoms with Gasteiger partial charge in [-0.2, -0.15) is 0 Å². The smallest absolute Gasteiger partial charge is 0.0354 e. The van der Waals surface area contributed by atoms with Crippen LogP contribution in [0.3, 0.4) is 0 Å². The van der Waals surface area contributed by atoms with E-state index in [-0.39, 0.29) is 0 Å². The Bertz CT molecular complexity index is 356. The van der Waals surface area contributed by atoms with E-state index >= 15 is 0 Å². The minimum atomic E-state index is 1.09. The van der Waals surface area contributed by atoms with Crippen molar-refractivity contribution in [3.05, 3.63) is 28.2 Å². The fourth-order valence-corrected chi connectivity index (χ4v) is 3.29. The first-order chi connectivity index (χ1) is 10.2. The zero-order valence-corrected chi connectivity index (χ0v) is 15.5. The van der Waals surface area contributed by atoms with Gasteiger partial charge >= 0.3 is 0 Å². The van der Waals surface area contributed by atoms with Crippen LogP contribution in [0.2, 0.25) is 0 Å². The summed E-state index contributed by atoms with van der Waals surface area (Å²) < 4.78 is 1.16. The van der Waals surface area contributed by atoms with Gasteiger partial charge in [0.25, 0.3) is 0 Å². The summed E-state index contributed by atoms with van der Waals surface area (Å²) in [6.07, 6.45) is 14.0. The molecule has 0 atom stereocenters. The molecule has 0 aliphatic rings. The zero-order chi connectivity index (χ0) is 15.3. The second-order valence-electron chi connectivity index (χ2n) is 6.13. The minimum Gasteiger partial charge on any atom is -0.385 e. The molecule has 0 aromatic heterocycles. The number of hydrogen-bond acceptors (Lipinski definition) is 1. The van der Waals surface area contributed by atoms with Crippen LogP contribution in [0.25, 0.3) is 0 Å². The van der Waals surface area contributed by atoms with Gasteiger partial charge in [0.2, 0.25) is 0 Å². The topological polar surface area (TPSA) is 12.0 Å². The quantitative estimate of drug-likeness (QED) is 0.395. The van der Waals surface area contributed by atoms with Crippen LogP contribution in [0.4, 0.5) is 5.69 Å². The van der Waals surface area contributed by atoms with Gasteiger partial charge < -0.3 is 5.32 Å². The highest BCUT2D eigenvalue weighted by molar-refractivity contribution is 9.10. The summed E-state index contributed by atoms with van der Waals surface area (Å²) in [5.41, 5.74) is 2.53. The first kappa shape index (κ1) is 18.5. The Morgan fingerprint density at radius 2 is 1.38 bits per heavy atom. The van der Waals surface area contributed by atoms with Crippen molar-refractivity contribution in [2.75, 3.05) is 11.9 Å². The molecule has 1 nitrogen and oxygen atoms in total. The summed E-state index contributed by atoms with van der Waals surface area (Å²) >= 11 is 3.55.